The molecule has 0 radical (unpaired) electrons. The van der Waals surface area contributed by atoms with E-state index in [-0.39, 0.29) is 5.56 Å². The Hall–Kier alpha value is -0.0266. The van der Waals surface area contributed by atoms with Crippen molar-refractivity contribution in [3.05, 3.63) is 29.6 Å². The summed E-state index contributed by atoms with van der Waals surface area (Å²) in [5.41, 5.74) is 0.124. The molecule has 13 heavy (non-hydrogen) atoms. The number of rotatable bonds is 2. The van der Waals surface area contributed by atoms with E-state index in [9.17, 15) is 9.18 Å². The van der Waals surface area contributed by atoms with E-state index in [2.05, 4.69) is 24.5 Å². The predicted molar refractivity (Wildman–Crippen MR) is 51.4 cm³/mol. The van der Waals surface area contributed by atoms with Crippen LogP contribution in [0.3, 0.4) is 0 Å². The predicted octanol–water partition coefficient (Wildman–Crippen LogP) is 1.67. The summed E-state index contributed by atoms with van der Waals surface area (Å²) in [5.74, 6) is -1.05. The van der Waals surface area contributed by atoms with Crippen molar-refractivity contribution in [2.45, 2.75) is 0 Å². The number of carbonyl (C=O) groups is 1. The maximum absolute atomic E-state index is 13.2. The van der Waals surface area contributed by atoms with Crippen LogP contribution in [0.1, 0.15) is 10.4 Å². The van der Waals surface area contributed by atoms with Crippen molar-refractivity contribution >= 4 is 29.9 Å². The van der Waals surface area contributed by atoms with E-state index in [4.69, 9.17) is 0 Å². The molecule has 1 rings (SSSR count). The van der Waals surface area contributed by atoms with Gasteiger partial charge in [-0.15, -0.1) is 0 Å². The summed E-state index contributed by atoms with van der Waals surface area (Å²) in [6.45, 7) is 0. The summed E-state index contributed by atoms with van der Waals surface area (Å²) < 4.78 is 18.6. The Morgan fingerprint density at radius 1 is 1.62 bits per heavy atom. The fraction of sp³-hybridized carbons (Fsp3) is 0.125. The van der Waals surface area contributed by atoms with Crippen LogP contribution < -0.4 is 4.16 Å². The third-order valence-corrected chi connectivity index (χ3v) is 7.74. The molecule has 1 aromatic rings. The molecule has 0 saturated heterocycles. The van der Waals surface area contributed by atoms with E-state index in [1.54, 1.807) is 12.1 Å². The van der Waals surface area contributed by atoms with Crippen LogP contribution >= 0.6 is 19.8 Å². The third kappa shape index (κ3) is 2.47. The van der Waals surface area contributed by atoms with Crippen molar-refractivity contribution in [3.8, 4) is 0 Å². The quantitative estimate of drug-likeness (QED) is 0.463. The molecule has 5 heteroatoms. The number of hydrogen-bond donors (Lipinski definition) is 0. The van der Waals surface area contributed by atoms with Gasteiger partial charge in [0.15, 0.2) is 0 Å². The van der Waals surface area contributed by atoms with Gasteiger partial charge in [-0.05, 0) is 0 Å². The Bertz CT molecular complexity index is 330. The minimum absolute atomic E-state index is 0.124. The summed E-state index contributed by atoms with van der Waals surface area (Å²) in [6.07, 6.45) is 0. The fourth-order valence-corrected chi connectivity index (χ4v) is 5.72. The topological polar surface area (TPSA) is 26.3 Å². The van der Waals surface area contributed by atoms with Gasteiger partial charge in [-0.25, -0.2) is 0 Å². The summed E-state index contributed by atoms with van der Waals surface area (Å²) >= 11 is 1.27. The fourth-order valence-electron chi connectivity index (χ4n) is 1.01. The summed E-state index contributed by atoms with van der Waals surface area (Å²) in [7, 11) is 1.26. The van der Waals surface area contributed by atoms with E-state index in [1.807, 2.05) is 0 Å². The molecule has 1 aromatic carbocycles. The molecule has 0 N–H and O–H groups in total. The van der Waals surface area contributed by atoms with E-state index in [0.717, 1.165) is 4.16 Å². The Kier molecular flexibility index (Phi) is 4.25. The zero-order valence-corrected chi connectivity index (χ0v) is 12.1. The van der Waals surface area contributed by atoms with Gasteiger partial charge >= 0.3 is 94.1 Å². The molecule has 0 fully saturated rings. The van der Waals surface area contributed by atoms with Crippen molar-refractivity contribution < 1.29 is 27.5 Å². The van der Waals surface area contributed by atoms with Gasteiger partial charge in [0.2, 0.25) is 0 Å². The number of benzene rings is 1. The Balaban J connectivity index is 3.22. The van der Waals surface area contributed by atoms with Gasteiger partial charge in [0.05, 0.1) is 0 Å². The zero-order chi connectivity index (χ0) is 9.84. The number of ether oxygens (including phenoxy) is 1. The van der Waals surface area contributed by atoms with Crippen LogP contribution in [-0.4, -0.2) is 13.1 Å². The molecule has 66 valence electrons. The third-order valence-electron chi connectivity index (χ3n) is 1.63. The molecule has 2 nitrogen and oxygen atoms in total. The Labute approximate surface area is 93.6 Å². The Morgan fingerprint density at radius 2 is 2.31 bits per heavy atom. The molecule has 0 bridgehead atoms. The monoisotopic (exact) mass is 344 g/mol. The first-order valence-corrected chi connectivity index (χ1v) is 14.2. The van der Waals surface area contributed by atoms with Crippen LogP contribution in [0.4, 0.5) is 4.39 Å². The van der Waals surface area contributed by atoms with Crippen LogP contribution in [0.15, 0.2) is 18.2 Å². The first-order valence-electron chi connectivity index (χ1n) is 3.62. The molecule has 0 spiro atoms. The molecule has 0 aromatic heterocycles. The van der Waals surface area contributed by atoms with Gasteiger partial charge in [0.1, 0.15) is 0 Å². The molecule has 0 amide bonds. The van der Waals surface area contributed by atoms with Gasteiger partial charge < -0.3 is 0 Å². The number of methoxy groups -OCH3 is 1. The van der Waals surface area contributed by atoms with Gasteiger partial charge in [-0.2, -0.15) is 0 Å². The molecular formula is C8H6FIO2Zn. The molecule has 0 unspecified atom stereocenters. The first-order chi connectivity index (χ1) is 6.20. The van der Waals surface area contributed by atoms with Crippen LogP contribution in [0.25, 0.3) is 0 Å². The average Bonchev–Trinajstić information content (AvgIpc) is 2.16. The van der Waals surface area contributed by atoms with Crippen molar-refractivity contribution in [2.75, 3.05) is 7.11 Å². The molecule has 0 heterocycles. The molecule has 0 aliphatic rings. The number of carbonyl (C=O) groups excluding carboxylic acids is 1. The molecule has 0 saturated carbocycles. The van der Waals surface area contributed by atoms with Gasteiger partial charge in [-0.3, -0.25) is 0 Å². The second-order valence-electron chi connectivity index (χ2n) is 2.40. The van der Waals surface area contributed by atoms with Crippen LogP contribution in [0.5, 0.6) is 0 Å². The van der Waals surface area contributed by atoms with Crippen molar-refractivity contribution in [1.82, 2.24) is 0 Å². The SMILES string of the molecule is COC(=O)c1c(F)ccc[c]1[Zn][I]. The number of esters is 1. The second-order valence-corrected chi connectivity index (χ2v) is 8.52. The summed E-state index contributed by atoms with van der Waals surface area (Å²) in [5, 5.41) is 0. The molecule has 0 aliphatic heterocycles. The van der Waals surface area contributed by atoms with E-state index < -0.39 is 25.4 Å². The van der Waals surface area contributed by atoms with Crippen molar-refractivity contribution in [3.63, 3.8) is 0 Å². The first kappa shape index (κ1) is 11.1. The van der Waals surface area contributed by atoms with Gasteiger partial charge in [0.25, 0.3) is 0 Å². The van der Waals surface area contributed by atoms with Crippen LogP contribution in [0.2, 0.25) is 0 Å². The minimum atomic E-state index is -0.990. The normalized spacial score (nSPS) is 9.15. The number of hydrogen-bond acceptors (Lipinski definition) is 2. The molecule has 0 aliphatic carbocycles. The van der Waals surface area contributed by atoms with Gasteiger partial charge in [0, 0.05) is 0 Å². The van der Waals surface area contributed by atoms with Gasteiger partial charge in [-0.1, -0.05) is 0 Å². The van der Waals surface area contributed by atoms with E-state index in [0.29, 0.717) is 0 Å². The molecular weight excluding hydrogens is 339 g/mol. The summed E-state index contributed by atoms with van der Waals surface area (Å²) in [4.78, 5) is 11.2. The molecule has 0 atom stereocenters. The maximum atomic E-state index is 13.2. The zero-order valence-electron chi connectivity index (χ0n) is 7.01. The van der Waals surface area contributed by atoms with Crippen LogP contribution in [-0.2, 0) is 18.3 Å². The number of halogens is 2. The Morgan fingerprint density at radius 3 is 2.85 bits per heavy atom. The van der Waals surface area contributed by atoms with E-state index >= 15 is 0 Å². The standard InChI is InChI=1S/C8H6FO2.HI.Zn/c1-11-8(10)6-4-2-3-5-7(6)9;;/h2-3,5H,1H3;1H;/q;;+1/p-1. The van der Waals surface area contributed by atoms with E-state index in [1.165, 1.54) is 13.2 Å². The average molecular weight is 345 g/mol. The second kappa shape index (κ2) is 5.00. The summed E-state index contributed by atoms with van der Waals surface area (Å²) in [6, 6.07) is 4.70. The van der Waals surface area contributed by atoms with Crippen molar-refractivity contribution in [1.29, 1.82) is 0 Å². The van der Waals surface area contributed by atoms with Crippen LogP contribution in [0, 0.1) is 5.82 Å². The van der Waals surface area contributed by atoms with Crippen molar-refractivity contribution in [2.24, 2.45) is 0 Å².